The quantitative estimate of drug-likeness (QED) is 0.638. The molecule has 2 aromatic rings. The van der Waals surface area contributed by atoms with E-state index in [1.807, 2.05) is 6.07 Å². The zero-order chi connectivity index (χ0) is 20.2. The molecule has 2 saturated carbocycles. The molecule has 1 amide bonds. The number of hydrogen-bond acceptors (Lipinski definition) is 3. The van der Waals surface area contributed by atoms with Gasteiger partial charge in [0, 0.05) is 22.6 Å². The predicted molar refractivity (Wildman–Crippen MR) is 118 cm³/mol. The van der Waals surface area contributed by atoms with Crippen LogP contribution in [-0.4, -0.2) is 11.7 Å². The zero-order valence-electron chi connectivity index (χ0n) is 17.2. The number of ketones is 1. The first kappa shape index (κ1) is 20.3. The number of thiophene rings is 1. The first-order chi connectivity index (χ1) is 14.2. The van der Waals surface area contributed by atoms with Gasteiger partial charge in [0.05, 0.1) is 6.04 Å². The van der Waals surface area contributed by atoms with Crippen molar-refractivity contribution in [1.29, 1.82) is 0 Å². The fourth-order valence-corrected chi connectivity index (χ4v) is 5.79. The SMILES string of the molecule is CCCCc1ccc(C(NC(=O)C2CC3CCCC(C2)C3=O)c2cccs2)cc1. The van der Waals surface area contributed by atoms with Gasteiger partial charge in [-0.1, -0.05) is 50.1 Å². The van der Waals surface area contributed by atoms with E-state index < -0.39 is 0 Å². The van der Waals surface area contributed by atoms with E-state index in [0.29, 0.717) is 5.78 Å². The molecule has 3 nitrogen and oxygen atoms in total. The molecule has 4 heteroatoms. The second-order valence-electron chi connectivity index (χ2n) is 8.70. The van der Waals surface area contributed by atoms with Crippen LogP contribution < -0.4 is 5.32 Å². The van der Waals surface area contributed by atoms with Crippen LogP contribution in [-0.2, 0) is 16.0 Å². The van der Waals surface area contributed by atoms with Gasteiger partial charge in [-0.15, -0.1) is 11.3 Å². The van der Waals surface area contributed by atoms with Gasteiger partial charge in [0.15, 0.2) is 0 Å². The summed E-state index contributed by atoms with van der Waals surface area (Å²) in [6, 6.07) is 12.7. The summed E-state index contributed by atoms with van der Waals surface area (Å²) in [5.41, 5.74) is 2.48. The molecule has 2 aliphatic carbocycles. The second kappa shape index (κ2) is 9.25. The summed E-state index contributed by atoms with van der Waals surface area (Å²) in [5, 5.41) is 5.40. The molecule has 4 rings (SSSR count). The summed E-state index contributed by atoms with van der Waals surface area (Å²) in [4.78, 5) is 26.7. The number of benzene rings is 1. The van der Waals surface area contributed by atoms with Crippen molar-refractivity contribution in [2.24, 2.45) is 17.8 Å². The number of Topliss-reactive ketones (excluding diaryl/α,β-unsaturated/α-hetero) is 1. The Balaban J connectivity index is 1.49. The summed E-state index contributed by atoms with van der Waals surface area (Å²) < 4.78 is 0. The lowest BCUT2D eigenvalue weighted by Gasteiger charge is -2.37. The van der Waals surface area contributed by atoms with Gasteiger partial charge < -0.3 is 5.32 Å². The third-order valence-corrected chi connectivity index (χ3v) is 7.60. The highest BCUT2D eigenvalue weighted by Gasteiger charge is 2.41. The number of carbonyl (C=O) groups is 2. The van der Waals surface area contributed by atoms with Crippen molar-refractivity contribution in [3.8, 4) is 0 Å². The van der Waals surface area contributed by atoms with Crippen molar-refractivity contribution in [1.82, 2.24) is 5.32 Å². The Morgan fingerprint density at radius 2 is 1.86 bits per heavy atom. The number of hydrogen-bond donors (Lipinski definition) is 1. The van der Waals surface area contributed by atoms with Gasteiger partial charge in [-0.3, -0.25) is 9.59 Å². The molecule has 3 unspecified atom stereocenters. The van der Waals surface area contributed by atoms with Crippen LogP contribution in [0.5, 0.6) is 0 Å². The molecule has 0 spiro atoms. The highest BCUT2D eigenvalue weighted by Crippen LogP contribution is 2.40. The highest BCUT2D eigenvalue weighted by molar-refractivity contribution is 7.10. The van der Waals surface area contributed by atoms with Gasteiger partial charge in [0.2, 0.25) is 5.91 Å². The minimum absolute atomic E-state index is 0.0331. The van der Waals surface area contributed by atoms with Crippen LogP contribution in [0.25, 0.3) is 0 Å². The zero-order valence-corrected chi connectivity index (χ0v) is 18.0. The highest BCUT2D eigenvalue weighted by atomic mass is 32.1. The molecular formula is C25H31NO2S. The maximum Gasteiger partial charge on any atom is 0.223 e. The maximum atomic E-state index is 13.2. The van der Waals surface area contributed by atoms with Crippen molar-refractivity contribution < 1.29 is 9.59 Å². The second-order valence-corrected chi connectivity index (χ2v) is 9.68. The number of aryl methyl sites for hydroxylation is 1. The van der Waals surface area contributed by atoms with Crippen LogP contribution in [0.2, 0.25) is 0 Å². The van der Waals surface area contributed by atoms with Gasteiger partial charge in [-0.2, -0.15) is 0 Å². The Labute approximate surface area is 177 Å². The van der Waals surface area contributed by atoms with Gasteiger partial charge >= 0.3 is 0 Å². The number of fused-ring (bicyclic) bond motifs is 2. The molecule has 0 radical (unpaired) electrons. The minimum Gasteiger partial charge on any atom is -0.344 e. The molecule has 2 fully saturated rings. The van der Waals surface area contributed by atoms with E-state index in [1.165, 1.54) is 18.4 Å². The van der Waals surface area contributed by atoms with E-state index in [4.69, 9.17) is 0 Å². The molecule has 1 aromatic heterocycles. The average molecular weight is 410 g/mol. The standard InChI is InChI=1S/C25H31NO2S/c1-2-3-6-17-10-12-18(13-11-17)23(22-9-5-14-29-22)26-25(28)21-15-19-7-4-8-20(16-21)24(19)27/h5,9-14,19-21,23H,2-4,6-8,15-16H2,1H3,(H,26,28). The fraction of sp³-hybridized carbons (Fsp3) is 0.520. The maximum absolute atomic E-state index is 13.2. The molecule has 1 N–H and O–H groups in total. The van der Waals surface area contributed by atoms with Gasteiger partial charge in [0.25, 0.3) is 0 Å². The van der Waals surface area contributed by atoms with Crippen molar-refractivity contribution in [3.05, 3.63) is 57.8 Å². The third kappa shape index (κ3) is 4.63. The Morgan fingerprint density at radius 3 is 2.48 bits per heavy atom. The van der Waals surface area contributed by atoms with E-state index in [-0.39, 0.29) is 29.7 Å². The Bertz CT molecular complexity index is 811. The summed E-state index contributed by atoms with van der Waals surface area (Å²) in [7, 11) is 0. The molecule has 0 saturated heterocycles. The van der Waals surface area contributed by atoms with Crippen LogP contribution in [0, 0.1) is 17.8 Å². The third-order valence-electron chi connectivity index (χ3n) is 6.67. The molecule has 2 bridgehead atoms. The van der Waals surface area contributed by atoms with E-state index >= 15 is 0 Å². The number of unbranched alkanes of at least 4 members (excludes halogenated alkanes) is 1. The molecule has 0 aliphatic heterocycles. The smallest absolute Gasteiger partial charge is 0.223 e. The van der Waals surface area contributed by atoms with Crippen LogP contribution in [0.4, 0.5) is 0 Å². The first-order valence-electron chi connectivity index (χ1n) is 11.1. The average Bonchev–Trinajstić information content (AvgIpc) is 3.25. The van der Waals surface area contributed by atoms with E-state index in [0.717, 1.165) is 49.0 Å². The molecule has 154 valence electrons. The van der Waals surface area contributed by atoms with E-state index in [1.54, 1.807) is 11.3 Å². The number of rotatable bonds is 7. The molecule has 1 aromatic carbocycles. The van der Waals surface area contributed by atoms with Crippen molar-refractivity contribution >= 4 is 23.0 Å². The van der Waals surface area contributed by atoms with E-state index in [9.17, 15) is 9.59 Å². The van der Waals surface area contributed by atoms with Gasteiger partial charge in [-0.05, 0) is 61.1 Å². The number of amides is 1. The molecule has 1 heterocycles. The summed E-state index contributed by atoms with van der Waals surface area (Å²) >= 11 is 1.68. The van der Waals surface area contributed by atoms with Gasteiger partial charge in [-0.25, -0.2) is 0 Å². The summed E-state index contributed by atoms with van der Waals surface area (Å²) in [6.45, 7) is 2.21. The van der Waals surface area contributed by atoms with Crippen LogP contribution in [0.3, 0.4) is 0 Å². The Hall–Kier alpha value is -1.94. The Kier molecular flexibility index (Phi) is 6.49. The summed E-state index contributed by atoms with van der Waals surface area (Å²) in [5.74, 6) is 0.711. The number of nitrogens with one attached hydrogen (secondary N) is 1. The normalized spacial score (nSPS) is 24.9. The first-order valence-corrected chi connectivity index (χ1v) is 12.0. The molecule has 3 atom stereocenters. The lowest BCUT2D eigenvalue weighted by atomic mass is 9.67. The Morgan fingerprint density at radius 1 is 1.14 bits per heavy atom. The minimum atomic E-state index is -0.111. The lowest BCUT2D eigenvalue weighted by molar-refractivity contribution is -0.137. The molecular weight excluding hydrogens is 378 g/mol. The van der Waals surface area contributed by atoms with Crippen molar-refractivity contribution in [2.75, 3.05) is 0 Å². The van der Waals surface area contributed by atoms with Crippen LogP contribution >= 0.6 is 11.3 Å². The molecule has 2 aliphatic rings. The van der Waals surface area contributed by atoms with E-state index in [2.05, 4.69) is 48.0 Å². The number of carbonyl (C=O) groups excluding carboxylic acids is 2. The van der Waals surface area contributed by atoms with Crippen molar-refractivity contribution in [3.63, 3.8) is 0 Å². The monoisotopic (exact) mass is 409 g/mol. The van der Waals surface area contributed by atoms with Crippen LogP contribution in [0.15, 0.2) is 41.8 Å². The largest absolute Gasteiger partial charge is 0.344 e. The fourth-order valence-electron chi connectivity index (χ4n) is 4.99. The topological polar surface area (TPSA) is 46.2 Å². The summed E-state index contributed by atoms with van der Waals surface area (Å²) in [6.07, 6.45) is 8.03. The lowest BCUT2D eigenvalue weighted by Crippen LogP contribution is -2.43. The molecule has 29 heavy (non-hydrogen) atoms. The van der Waals surface area contributed by atoms with Crippen LogP contribution in [0.1, 0.15) is 73.9 Å². The van der Waals surface area contributed by atoms with Crippen molar-refractivity contribution in [2.45, 2.75) is 64.3 Å². The van der Waals surface area contributed by atoms with Gasteiger partial charge in [0.1, 0.15) is 5.78 Å². The predicted octanol–water partition coefficient (Wildman–Crippen LogP) is 5.69.